The highest BCUT2D eigenvalue weighted by Gasteiger charge is 2.15. The van der Waals surface area contributed by atoms with Crippen molar-refractivity contribution in [3.8, 4) is 28.8 Å². The number of benzene rings is 1. The third-order valence-electron chi connectivity index (χ3n) is 2.71. The molecule has 0 aliphatic heterocycles. The Hall–Kier alpha value is -2.67. The number of phenolic OH excluding ortho intramolecular Hbond substituents is 1. The van der Waals surface area contributed by atoms with E-state index in [4.69, 9.17) is 19.8 Å². The molecular formula is C13H10FN3O3. The average molecular weight is 275 g/mol. The zero-order valence-corrected chi connectivity index (χ0v) is 10.2. The molecular weight excluding hydrogens is 265 g/mol. The van der Waals surface area contributed by atoms with Crippen molar-refractivity contribution in [1.82, 2.24) is 10.1 Å². The first-order valence-corrected chi connectivity index (χ1v) is 5.79. The minimum atomic E-state index is -0.753. The predicted molar refractivity (Wildman–Crippen MR) is 67.0 cm³/mol. The van der Waals surface area contributed by atoms with Crippen LogP contribution in [0.4, 0.5) is 4.39 Å². The smallest absolute Gasteiger partial charge is 0.293 e. The summed E-state index contributed by atoms with van der Waals surface area (Å²) >= 11 is 0. The number of hydrogen-bond acceptors (Lipinski definition) is 6. The van der Waals surface area contributed by atoms with E-state index in [1.54, 1.807) is 12.1 Å². The molecule has 0 bridgehead atoms. The lowest BCUT2D eigenvalue weighted by atomic mass is 10.2. The van der Waals surface area contributed by atoms with Gasteiger partial charge in [0.25, 0.3) is 5.89 Å². The Morgan fingerprint density at radius 1 is 1.25 bits per heavy atom. The zero-order valence-electron chi connectivity index (χ0n) is 10.2. The van der Waals surface area contributed by atoms with Crippen LogP contribution in [-0.4, -0.2) is 15.2 Å². The van der Waals surface area contributed by atoms with Crippen molar-refractivity contribution in [2.24, 2.45) is 5.73 Å². The van der Waals surface area contributed by atoms with Crippen LogP contribution >= 0.6 is 0 Å². The molecule has 0 atom stereocenters. The summed E-state index contributed by atoms with van der Waals surface area (Å²) in [7, 11) is 0. The highest BCUT2D eigenvalue weighted by Crippen LogP contribution is 2.26. The van der Waals surface area contributed by atoms with Crippen LogP contribution in [0.15, 0.2) is 39.3 Å². The van der Waals surface area contributed by atoms with Crippen LogP contribution in [0.5, 0.6) is 5.75 Å². The Balaban J connectivity index is 1.95. The van der Waals surface area contributed by atoms with Crippen LogP contribution in [0.25, 0.3) is 23.0 Å². The number of nitrogens with zero attached hydrogens (tertiary/aromatic N) is 2. The number of rotatable bonds is 3. The van der Waals surface area contributed by atoms with E-state index in [0.29, 0.717) is 17.1 Å². The Kier molecular flexibility index (Phi) is 2.96. The first-order chi connectivity index (χ1) is 9.67. The molecule has 102 valence electrons. The van der Waals surface area contributed by atoms with Gasteiger partial charge in [0.1, 0.15) is 5.76 Å². The summed E-state index contributed by atoms with van der Waals surface area (Å²) in [5, 5.41) is 12.9. The van der Waals surface area contributed by atoms with Gasteiger partial charge in [0.05, 0.1) is 6.54 Å². The van der Waals surface area contributed by atoms with Gasteiger partial charge in [0, 0.05) is 5.56 Å². The maximum atomic E-state index is 13.3. The van der Waals surface area contributed by atoms with E-state index in [-0.39, 0.29) is 18.3 Å². The second-order valence-corrected chi connectivity index (χ2v) is 4.06. The van der Waals surface area contributed by atoms with Crippen LogP contribution in [0.2, 0.25) is 0 Å². The fraction of sp³-hybridized carbons (Fsp3) is 0.0769. The second-order valence-electron chi connectivity index (χ2n) is 4.06. The van der Waals surface area contributed by atoms with E-state index < -0.39 is 11.6 Å². The van der Waals surface area contributed by atoms with Crippen molar-refractivity contribution in [3.05, 3.63) is 41.9 Å². The third kappa shape index (κ3) is 2.14. The Bertz CT molecular complexity index is 751. The Labute approximate surface area is 112 Å². The van der Waals surface area contributed by atoms with Gasteiger partial charge >= 0.3 is 0 Å². The maximum Gasteiger partial charge on any atom is 0.293 e. The van der Waals surface area contributed by atoms with Crippen LogP contribution < -0.4 is 5.73 Å². The quantitative estimate of drug-likeness (QED) is 0.761. The van der Waals surface area contributed by atoms with Crippen LogP contribution in [0.1, 0.15) is 5.76 Å². The highest BCUT2D eigenvalue weighted by molar-refractivity contribution is 5.58. The normalized spacial score (nSPS) is 10.9. The Morgan fingerprint density at radius 3 is 2.80 bits per heavy atom. The molecule has 0 saturated heterocycles. The molecule has 0 aliphatic rings. The molecule has 3 rings (SSSR count). The lowest BCUT2D eigenvalue weighted by Crippen LogP contribution is -1.92. The molecule has 0 aliphatic carbocycles. The van der Waals surface area contributed by atoms with Crippen LogP contribution in [-0.2, 0) is 6.54 Å². The first-order valence-electron chi connectivity index (χ1n) is 5.79. The molecule has 0 saturated carbocycles. The van der Waals surface area contributed by atoms with Crippen molar-refractivity contribution in [2.75, 3.05) is 0 Å². The lowest BCUT2D eigenvalue weighted by Gasteiger charge is -1.96. The van der Waals surface area contributed by atoms with Crippen molar-refractivity contribution in [3.63, 3.8) is 0 Å². The number of furan rings is 1. The van der Waals surface area contributed by atoms with Crippen LogP contribution in [0.3, 0.4) is 0 Å². The molecule has 2 aromatic heterocycles. The maximum absolute atomic E-state index is 13.3. The van der Waals surface area contributed by atoms with Crippen molar-refractivity contribution in [2.45, 2.75) is 6.54 Å². The van der Waals surface area contributed by atoms with E-state index in [2.05, 4.69) is 10.1 Å². The molecule has 20 heavy (non-hydrogen) atoms. The summed E-state index contributed by atoms with van der Waals surface area (Å²) in [6.07, 6.45) is 0. The summed E-state index contributed by atoms with van der Waals surface area (Å²) in [5.41, 5.74) is 5.83. The first kappa shape index (κ1) is 12.4. The Morgan fingerprint density at radius 2 is 2.10 bits per heavy atom. The molecule has 0 radical (unpaired) electrons. The monoisotopic (exact) mass is 275 g/mol. The van der Waals surface area contributed by atoms with Crippen molar-refractivity contribution in [1.29, 1.82) is 0 Å². The van der Waals surface area contributed by atoms with Gasteiger partial charge < -0.3 is 19.8 Å². The predicted octanol–water partition coefficient (Wildman–Crippen LogP) is 2.30. The van der Waals surface area contributed by atoms with Gasteiger partial charge in [-0.3, -0.25) is 0 Å². The second kappa shape index (κ2) is 4.78. The number of phenols is 1. The number of aromatic hydroxyl groups is 1. The molecule has 3 N–H and O–H groups in total. The number of hydrogen-bond donors (Lipinski definition) is 2. The number of aromatic nitrogens is 2. The molecule has 6 nitrogen and oxygen atoms in total. The molecule has 7 heteroatoms. The molecule has 3 aromatic rings. The average Bonchev–Trinajstić information content (AvgIpc) is 3.09. The third-order valence-corrected chi connectivity index (χ3v) is 2.71. The summed E-state index contributed by atoms with van der Waals surface area (Å²) in [6.45, 7) is 0.268. The SMILES string of the molecule is NCc1ccc(-c2nc(-c3ccc(O)c(F)c3)no2)o1. The summed E-state index contributed by atoms with van der Waals surface area (Å²) in [4.78, 5) is 4.11. The highest BCUT2D eigenvalue weighted by atomic mass is 19.1. The van der Waals surface area contributed by atoms with E-state index in [1.165, 1.54) is 12.1 Å². The fourth-order valence-corrected chi connectivity index (χ4v) is 1.69. The van der Waals surface area contributed by atoms with E-state index in [1.807, 2.05) is 0 Å². The number of nitrogens with two attached hydrogens (primary N) is 1. The van der Waals surface area contributed by atoms with Crippen molar-refractivity contribution < 1.29 is 18.4 Å². The van der Waals surface area contributed by atoms with Gasteiger partial charge in [-0.15, -0.1) is 0 Å². The van der Waals surface area contributed by atoms with E-state index in [9.17, 15) is 4.39 Å². The van der Waals surface area contributed by atoms with Gasteiger partial charge in [-0.1, -0.05) is 5.16 Å². The minimum absolute atomic E-state index is 0.174. The largest absolute Gasteiger partial charge is 0.505 e. The molecule has 0 amide bonds. The lowest BCUT2D eigenvalue weighted by molar-refractivity contribution is 0.411. The molecule has 0 unspecified atom stereocenters. The standard InChI is InChI=1S/C13H10FN3O3/c14-9-5-7(1-3-10(9)18)12-16-13(20-17-12)11-4-2-8(6-15)19-11/h1-5,18H,6,15H2. The fourth-order valence-electron chi connectivity index (χ4n) is 1.69. The molecule has 0 fully saturated rings. The van der Waals surface area contributed by atoms with Gasteiger partial charge in [0.2, 0.25) is 5.82 Å². The minimum Gasteiger partial charge on any atom is -0.505 e. The summed E-state index contributed by atoms with van der Waals surface area (Å²) < 4.78 is 23.7. The van der Waals surface area contributed by atoms with Gasteiger partial charge in [-0.2, -0.15) is 4.98 Å². The van der Waals surface area contributed by atoms with E-state index in [0.717, 1.165) is 6.07 Å². The van der Waals surface area contributed by atoms with E-state index >= 15 is 0 Å². The topological polar surface area (TPSA) is 98.3 Å². The summed E-state index contributed by atoms with van der Waals surface area (Å²) in [5.74, 6) is 0.171. The van der Waals surface area contributed by atoms with Gasteiger partial charge in [0.15, 0.2) is 17.3 Å². The van der Waals surface area contributed by atoms with Gasteiger partial charge in [-0.25, -0.2) is 4.39 Å². The van der Waals surface area contributed by atoms with Crippen molar-refractivity contribution >= 4 is 0 Å². The zero-order chi connectivity index (χ0) is 14.1. The number of halogens is 1. The molecule has 2 heterocycles. The molecule has 1 aromatic carbocycles. The van der Waals surface area contributed by atoms with Gasteiger partial charge in [-0.05, 0) is 30.3 Å². The summed E-state index contributed by atoms with van der Waals surface area (Å²) in [6, 6.07) is 7.20. The molecule has 0 spiro atoms. The van der Waals surface area contributed by atoms with Crippen LogP contribution in [0, 0.1) is 5.82 Å².